The Balaban J connectivity index is 2.07. The van der Waals surface area contributed by atoms with E-state index in [9.17, 15) is 13.2 Å². The number of hydrogen-bond donors (Lipinski definition) is 1. The third kappa shape index (κ3) is 3.52. The van der Waals surface area contributed by atoms with Crippen LogP contribution >= 0.6 is 11.6 Å². The van der Waals surface area contributed by atoms with Gasteiger partial charge in [-0.3, -0.25) is 0 Å². The fourth-order valence-corrected chi connectivity index (χ4v) is 1.86. The second-order valence-electron chi connectivity index (χ2n) is 4.15. The molecule has 1 heterocycles. The van der Waals surface area contributed by atoms with Crippen LogP contribution in [0.5, 0.6) is 0 Å². The molecule has 102 valence electrons. The van der Waals surface area contributed by atoms with E-state index in [0.29, 0.717) is 17.7 Å². The summed E-state index contributed by atoms with van der Waals surface area (Å²) in [5.41, 5.74) is 5.92. The SMILES string of the molecule is NC(Cc1ccc(C(F)(F)F)cc1)c1ccc(Cl)o1. The van der Waals surface area contributed by atoms with Gasteiger partial charge in [0.2, 0.25) is 0 Å². The van der Waals surface area contributed by atoms with Crippen LogP contribution in [-0.2, 0) is 12.6 Å². The number of halogens is 4. The highest BCUT2D eigenvalue weighted by Gasteiger charge is 2.29. The fraction of sp³-hybridized carbons (Fsp3) is 0.231. The lowest BCUT2D eigenvalue weighted by molar-refractivity contribution is -0.137. The fourth-order valence-electron chi connectivity index (χ4n) is 1.71. The first kappa shape index (κ1) is 14.0. The number of benzene rings is 1. The van der Waals surface area contributed by atoms with E-state index in [1.807, 2.05) is 0 Å². The molecular weight excluding hydrogens is 279 g/mol. The molecule has 0 amide bonds. The molecule has 0 fully saturated rings. The topological polar surface area (TPSA) is 39.2 Å². The van der Waals surface area contributed by atoms with Crippen molar-refractivity contribution in [1.29, 1.82) is 0 Å². The molecule has 0 aliphatic carbocycles. The van der Waals surface area contributed by atoms with Crippen LogP contribution in [0.2, 0.25) is 5.22 Å². The molecule has 2 nitrogen and oxygen atoms in total. The van der Waals surface area contributed by atoms with Crippen molar-refractivity contribution in [3.8, 4) is 0 Å². The summed E-state index contributed by atoms with van der Waals surface area (Å²) < 4.78 is 42.3. The first-order valence-electron chi connectivity index (χ1n) is 5.53. The standard InChI is InChI=1S/C13H11ClF3NO/c14-12-6-5-11(19-12)10(18)7-8-1-3-9(4-2-8)13(15,16)17/h1-6,10H,7,18H2. The average Bonchev–Trinajstić information content (AvgIpc) is 2.75. The first-order chi connectivity index (χ1) is 8.86. The summed E-state index contributed by atoms with van der Waals surface area (Å²) in [5.74, 6) is 0.505. The monoisotopic (exact) mass is 289 g/mol. The average molecular weight is 290 g/mol. The largest absolute Gasteiger partial charge is 0.448 e. The number of alkyl halides is 3. The summed E-state index contributed by atoms with van der Waals surface area (Å²) in [5, 5.41) is 0.234. The van der Waals surface area contributed by atoms with E-state index in [0.717, 1.165) is 12.1 Å². The third-order valence-electron chi connectivity index (χ3n) is 2.70. The van der Waals surface area contributed by atoms with E-state index < -0.39 is 17.8 Å². The Hall–Kier alpha value is -1.46. The molecule has 0 aliphatic rings. The van der Waals surface area contributed by atoms with Crippen LogP contribution in [0.1, 0.15) is 22.9 Å². The highest BCUT2D eigenvalue weighted by molar-refractivity contribution is 6.28. The Morgan fingerprint density at radius 3 is 2.21 bits per heavy atom. The van der Waals surface area contributed by atoms with Crippen LogP contribution in [0.25, 0.3) is 0 Å². The Kier molecular flexibility index (Phi) is 3.87. The molecule has 2 aromatic rings. The minimum atomic E-state index is -4.32. The quantitative estimate of drug-likeness (QED) is 0.920. The molecule has 1 aromatic carbocycles. The van der Waals surface area contributed by atoms with Crippen molar-refractivity contribution < 1.29 is 17.6 Å². The van der Waals surface area contributed by atoms with Gasteiger partial charge in [-0.05, 0) is 47.9 Å². The Labute approximate surface area is 113 Å². The molecule has 2 rings (SSSR count). The van der Waals surface area contributed by atoms with Gasteiger partial charge in [0.25, 0.3) is 0 Å². The second-order valence-corrected chi connectivity index (χ2v) is 4.52. The maximum Gasteiger partial charge on any atom is 0.416 e. The predicted octanol–water partition coefficient (Wildman–Crippen LogP) is 4.19. The van der Waals surface area contributed by atoms with Crippen molar-refractivity contribution >= 4 is 11.6 Å². The van der Waals surface area contributed by atoms with Crippen LogP contribution in [-0.4, -0.2) is 0 Å². The van der Waals surface area contributed by atoms with Gasteiger partial charge in [-0.25, -0.2) is 0 Å². The van der Waals surface area contributed by atoms with Gasteiger partial charge in [0.15, 0.2) is 5.22 Å². The van der Waals surface area contributed by atoms with Crippen molar-refractivity contribution in [3.63, 3.8) is 0 Å². The molecule has 1 unspecified atom stereocenters. The van der Waals surface area contributed by atoms with E-state index in [2.05, 4.69) is 0 Å². The van der Waals surface area contributed by atoms with Gasteiger partial charge in [0.05, 0.1) is 11.6 Å². The molecule has 0 spiro atoms. The smallest absolute Gasteiger partial charge is 0.416 e. The lowest BCUT2D eigenvalue weighted by atomic mass is 10.0. The van der Waals surface area contributed by atoms with Gasteiger partial charge in [-0.1, -0.05) is 12.1 Å². The summed E-state index contributed by atoms with van der Waals surface area (Å²) in [7, 11) is 0. The summed E-state index contributed by atoms with van der Waals surface area (Å²) >= 11 is 5.63. The maximum absolute atomic E-state index is 12.4. The van der Waals surface area contributed by atoms with E-state index in [1.54, 1.807) is 12.1 Å². The van der Waals surface area contributed by atoms with E-state index in [-0.39, 0.29) is 5.22 Å². The van der Waals surface area contributed by atoms with Gasteiger partial charge >= 0.3 is 6.18 Å². The van der Waals surface area contributed by atoms with E-state index >= 15 is 0 Å². The van der Waals surface area contributed by atoms with E-state index in [4.69, 9.17) is 21.8 Å². The molecule has 6 heteroatoms. The van der Waals surface area contributed by atoms with Crippen LogP contribution in [0.3, 0.4) is 0 Å². The Bertz CT molecular complexity index is 548. The molecule has 0 saturated carbocycles. The van der Waals surface area contributed by atoms with Crippen LogP contribution in [0.15, 0.2) is 40.8 Å². The number of rotatable bonds is 3. The van der Waals surface area contributed by atoms with Crippen LogP contribution < -0.4 is 5.73 Å². The number of furan rings is 1. The number of hydrogen-bond acceptors (Lipinski definition) is 2. The van der Waals surface area contributed by atoms with Crippen LogP contribution in [0, 0.1) is 0 Å². The minimum Gasteiger partial charge on any atom is -0.448 e. The van der Waals surface area contributed by atoms with Gasteiger partial charge in [-0.15, -0.1) is 0 Å². The van der Waals surface area contributed by atoms with Crippen molar-refractivity contribution in [2.24, 2.45) is 5.73 Å². The molecular formula is C13H11ClF3NO. The third-order valence-corrected chi connectivity index (χ3v) is 2.90. The maximum atomic E-state index is 12.4. The first-order valence-corrected chi connectivity index (χ1v) is 5.91. The highest BCUT2D eigenvalue weighted by Crippen LogP contribution is 2.29. The zero-order chi connectivity index (χ0) is 14.0. The lowest BCUT2D eigenvalue weighted by Gasteiger charge is -2.10. The zero-order valence-electron chi connectivity index (χ0n) is 9.75. The summed E-state index contributed by atoms with van der Waals surface area (Å²) in [6.07, 6.45) is -3.95. The van der Waals surface area contributed by atoms with Crippen molar-refractivity contribution in [1.82, 2.24) is 0 Å². The predicted molar refractivity (Wildman–Crippen MR) is 65.8 cm³/mol. The van der Waals surface area contributed by atoms with Crippen molar-refractivity contribution in [2.75, 3.05) is 0 Å². The normalized spacial score (nSPS) is 13.5. The molecule has 19 heavy (non-hydrogen) atoms. The van der Waals surface area contributed by atoms with Crippen molar-refractivity contribution in [3.05, 3.63) is 58.5 Å². The van der Waals surface area contributed by atoms with E-state index in [1.165, 1.54) is 12.1 Å². The zero-order valence-corrected chi connectivity index (χ0v) is 10.5. The van der Waals surface area contributed by atoms with Gasteiger partial charge in [0, 0.05) is 0 Å². The minimum absolute atomic E-state index is 0.234. The molecule has 2 N–H and O–H groups in total. The molecule has 0 radical (unpaired) electrons. The molecule has 0 aliphatic heterocycles. The van der Waals surface area contributed by atoms with Crippen molar-refractivity contribution in [2.45, 2.75) is 18.6 Å². The summed E-state index contributed by atoms with van der Waals surface area (Å²) in [6, 6.07) is 7.68. The molecule has 0 bridgehead atoms. The highest BCUT2D eigenvalue weighted by atomic mass is 35.5. The Morgan fingerprint density at radius 2 is 1.74 bits per heavy atom. The number of nitrogens with two attached hydrogens (primary N) is 1. The summed E-state index contributed by atoms with van der Waals surface area (Å²) in [6.45, 7) is 0. The second kappa shape index (κ2) is 5.27. The molecule has 1 aromatic heterocycles. The summed E-state index contributed by atoms with van der Waals surface area (Å²) in [4.78, 5) is 0. The molecule has 1 atom stereocenters. The van der Waals surface area contributed by atoms with Gasteiger partial charge in [-0.2, -0.15) is 13.2 Å². The van der Waals surface area contributed by atoms with Gasteiger partial charge in [0.1, 0.15) is 5.76 Å². The van der Waals surface area contributed by atoms with Crippen LogP contribution in [0.4, 0.5) is 13.2 Å². The van der Waals surface area contributed by atoms with Gasteiger partial charge < -0.3 is 10.2 Å². The lowest BCUT2D eigenvalue weighted by Crippen LogP contribution is -2.12. The molecule has 0 saturated heterocycles. The Morgan fingerprint density at radius 1 is 1.11 bits per heavy atom.